The lowest BCUT2D eigenvalue weighted by molar-refractivity contribution is 0.627. The minimum absolute atomic E-state index is 0.248. The van der Waals surface area contributed by atoms with Crippen molar-refractivity contribution in [3.8, 4) is 11.8 Å². The Morgan fingerprint density at radius 2 is 1.90 bits per heavy atom. The Hall–Kier alpha value is -1.93. The number of fused-ring (bicyclic) bond motifs is 1. The van der Waals surface area contributed by atoms with Crippen LogP contribution >= 0.6 is 15.9 Å². The van der Waals surface area contributed by atoms with Gasteiger partial charge in [-0.1, -0.05) is 15.9 Å². The predicted molar refractivity (Wildman–Crippen MR) is 78.9 cm³/mol. The highest BCUT2D eigenvalue weighted by atomic mass is 79.9. The second-order valence-electron chi connectivity index (χ2n) is 4.81. The molecule has 1 aliphatic rings. The number of aromatic nitrogens is 2. The summed E-state index contributed by atoms with van der Waals surface area (Å²) in [5, 5.41) is 13.8. The van der Waals surface area contributed by atoms with Crippen LogP contribution in [0.4, 0.5) is 0 Å². The minimum Gasteiger partial charge on any atom is -0.266 e. The molecular weight excluding hydrogens is 318 g/mol. The molecule has 0 aliphatic heterocycles. The fourth-order valence-electron chi connectivity index (χ4n) is 2.54. The van der Waals surface area contributed by atoms with Crippen molar-refractivity contribution in [3.63, 3.8) is 0 Å². The zero-order chi connectivity index (χ0) is 14.1. The molecule has 0 spiro atoms. The summed E-state index contributed by atoms with van der Waals surface area (Å²) in [6.45, 7) is 0. The van der Waals surface area contributed by atoms with E-state index in [0.29, 0.717) is 5.69 Å². The summed E-state index contributed by atoms with van der Waals surface area (Å²) in [6.07, 6.45) is 3.69. The van der Waals surface area contributed by atoms with Gasteiger partial charge in [0.2, 0.25) is 0 Å². The lowest BCUT2D eigenvalue weighted by atomic mass is 9.93. The van der Waals surface area contributed by atoms with Gasteiger partial charge in [-0.2, -0.15) is 15.0 Å². The second-order valence-corrected chi connectivity index (χ2v) is 5.73. The number of rotatable bonds is 1. The number of benzene rings is 1. The first-order chi connectivity index (χ1) is 9.70. The molecule has 1 aliphatic carbocycles. The Morgan fingerprint density at radius 3 is 2.60 bits per heavy atom. The summed E-state index contributed by atoms with van der Waals surface area (Å²) in [4.78, 5) is 12.4. The molecule has 1 aromatic heterocycles. The fourth-order valence-corrected chi connectivity index (χ4v) is 2.81. The molecule has 4 nitrogen and oxygen atoms in total. The average molecular weight is 330 g/mol. The second kappa shape index (κ2) is 5.22. The minimum atomic E-state index is -0.324. The molecule has 1 aromatic carbocycles. The Balaban J connectivity index is 2.24. The number of halogens is 1. The predicted octanol–water partition coefficient (Wildman–Crippen LogP) is 2.75. The molecule has 5 heteroatoms. The summed E-state index contributed by atoms with van der Waals surface area (Å²) < 4.78 is 2.28. The molecule has 3 rings (SSSR count). The van der Waals surface area contributed by atoms with Crippen molar-refractivity contribution < 1.29 is 0 Å². The van der Waals surface area contributed by atoms with Crippen LogP contribution in [0.5, 0.6) is 0 Å². The van der Waals surface area contributed by atoms with E-state index < -0.39 is 0 Å². The van der Waals surface area contributed by atoms with E-state index >= 15 is 0 Å². The van der Waals surface area contributed by atoms with Crippen LogP contribution in [0, 0.1) is 11.3 Å². The number of aryl methyl sites for hydroxylation is 1. The molecule has 0 radical (unpaired) electrons. The van der Waals surface area contributed by atoms with Crippen molar-refractivity contribution in [2.24, 2.45) is 0 Å². The Labute approximate surface area is 124 Å². The number of nitriles is 1. The maximum absolute atomic E-state index is 12.4. The maximum atomic E-state index is 12.4. The van der Waals surface area contributed by atoms with Crippen LogP contribution in [-0.4, -0.2) is 9.78 Å². The molecule has 0 fully saturated rings. The molecular formula is C15H12BrN3O. The van der Waals surface area contributed by atoms with Gasteiger partial charge in [0, 0.05) is 4.47 Å². The summed E-state index contributed by atoms with van der Waals surface area (Å²) in [6, 6.07) is 9.40. The summed E-state index contributed by atoms with van der Waals surface area (Å²) in [7, 11) is 0. The third kappa shape index (κ3) is 2.16. The summed E-state index contributed by atoms with van der Waals surface area (Å²) in [5.41, 5.74) is 2.34. The molecule has 20 heavy (non-hydrogen) atoms. The van der Waals surface area contributed by atoms with Gasteiger partial charge in [0.1, 0.15) is 11.6 Å². The van der Waals surface area contributed by atoms with Crippen LogP contribution < -0.4 is 5.56 Å². The lowest BCUT2D eigenvalue weighted by Crippen LogP contribution is -2.28. The first-order valence-corrected chi connectivity index (χ1v) is 7.31. The molecule has 0 saturated heterocycles. The van der Waals surface area contributed by atoms with Gasteiger partial charge in [-0.3, -0.25) is 4.79 Å². The van der Waals surface area contributed by atoms with E-state index in [1.807, 2.05) is 24.3 Å². The van der Waals surface area contributed by atoms with Crippen molar-refractivity contribution in [1.29, 1.82) is 5.26 Å². The number of nitrogens with zero attached hydrogens (tertiary/aromatic N) is 3. The smallest absolute Gasteiger partial charge is 0.266 e. The van der Waals surface area contributed by atoms with Gasteiger partial charge in [-0.25, -0.2) is 0 Å². The zero-order valence-corrected chi connectivity index (χ0v) is 12.4. The monoisotopic (exact) mass is 329 g/mol. The number of hydrogen-bond acceptors (Lipinski definition) is 3. The van der Waals surface area contributed by atoms with Crippen LogP contribution in [0.1, 0.15) is 29.7 Å². The molecule has 100 valence electrons. The first-order valence-electron chi connectivity index (χ1n) is 6.52. The zero-order valence-electron chi connectivity index (χ0n) is 10.8. The molecule has 2 aromatic rings. The summed E-state index contributed by atoms with van der Waals surface area (Å²) in [5.74, 6) is 0. The van der Waals surface area contributed by atoms with Crippen molar-refractivity contribution in [2.75, 3.05) is 0 Å². The van der Waals surface area contributed by atoms with E-state index in [-0.39, 0.29) is 11.1 Å². The van der Waals surface area contributed by atoms with Gasteiger partial charge in [0.25, 0.3) is 5.56 Å². The Bertz CT molecular complexity index is 756. The third-order valence-corrected chi connectivity index (χ3v) is 4.08. The van der Waals surface area contributed by atoms with Gasteiger partial charge in [0.05, 0.1) is 11.4 Å². The molecule has 0 atom stereocenters. The maximum Gasteiger partial charge on any atom is 0.289 e. The van der Waals surface area contributed by atoms with E-state index in [0.717, 1.165) is 41.4 Å². The van der Waals surface area contributed by atoms with Gasteiger partial charge in [-0.05, 0) is 55.5 Å². The fraction of sp³-hybridized carbons (Fsp3) is 0.267. The van der Waals surface area contributed by atoms with Crippen molar-refractivity contribution in [3.05, 3.63) is 55.9 Å². The topological polar surface area (TPSA) is 58.7 Å². The van der Waals surface area contributed by atoms with Gasteiger partial charge in [0.15, 0.2) is 0 Å². The van der Waals surface area contributed by atoms with Crippen LogP contribution in [0.3, 0.4) is 0 Å². The Morgan fingerprint density at radius 1 is 1.20 bits per heavy atom. The van der Waals surface area contributed by atoms with Crippen LogP contribution in [-0.2, 0) is 12.8 Å². The van der Waals surface area contributed by atoms with Crippen molar-refractivity contribution >= 4 is 15.9 Å². The van der Waals surface area contributed by atoms with Crippen LogP contribution in [0.25, 0.3) is 5.69 Å². The third-order valence-electron chi connectivity index (χ3n) is 3.55. The van der Waals surface area contributed by atoms with Crippen molar-refractivity contribution in [1.82, 2.24) is 9.78 Å². The SMILES string of the molecule is N#Cc1c2c(nn(-c3ccc(Br)cc3)c1=O)CCCC2. The van der Waals surface area contributed by atoms with Crippen molar-refractivity contribution in [2.45, 2.75) is 25.7 Å². The van der Waals surface area contributed by atoms with Gasteiger partial charge in [-0.15, -0.1) is 0 Å². The van der Waals surface area contributed by atoms with Gasteiger partial charge >= 0.3 is 0 Å². The average Bonchev–Trinajstić information content (AvgIpc) is 2.48. The van der Waals surface area contributed by atoms with E-state index in [4.69, 9.17) is 0 Å². The molecule has 0 unspecified atom stereocenters. The Kier molecular flexibility index (Phi) is 3.41. The van der Waals surface area contributed by atoms with E-state index in [2.05, 4.69) is 27.1 Å². The van der Waals surface area contributed by atoms with Crippen LogP contribution in [0.15, 0.2) is 33.5 Å². The molecule has 0 N–H and O–H groups in total. The molecule has 0 bridgehead atoms. The van der Waals surface area contributed by atoms with Crippen LogP contribution in [0.2, 0.25) is 0 Å². The highest BCUT2D eigenvalue weighted by molar-refractivity contribution is 9.10. The van der Waals surface area contributed by atoms with E-state index in [9.17, 15) is 10.1 Å². The molecule has 0 saturated carbocycles. The first kappa shape index (κ1) is 13.1. The number of hydrogen-bond donors (Lipinski definition) is 0. The van der Waals surface area contributed by atoms with E-state index in [1.165, 1.54) is 4.68 Å². The van der Waals surface area contributed by atoms with E-state index in [1.54, 1.807) is 0 Å². The molecule has 0 amide bonds. The summed E-state index contributed by atoms with van der Waals surface area (Å²) >= 11 is 3.36. The standard InChI is InChI=1S/C15H12BrN3O/c16-10-5-7-11(8-6-10)19-15(20)13(9-17)12-3-1-2-4-14(12)18-19/h5-8H,1-4H2. The highest BCUT2D eigenvalue weighted by Crippen LogP contribution is 2.21. The molecule has 1 heterocycles. The normalized spacial score (nSPS) is 13.6. The largest absolute Gasteiger partial charge is 0.289 e. The highest BCUT2D eigenvalue weighted by Gasteiger charge is 2.20. The lowest BCUT2D eigenvalue weighted by Gasteiger charge is -2.17. The van der Waals surface area contributed by atoms with Gasteiger partial charge < -0.3 is 0 Å². The quantitative estimate of drug-likeness (QED) is 0.808.